The minimum absolute atomic E-state index is 0.0430. The third kappa shape index (κ3) is 6.35. The molecule has 0 bridgehead atoms. The number of pyridine rings is 1. The second-order valence-electron chi connectivity index (χ2n) is 9.10. The van der Waals surface area contributed by atoms with Crippen LogP contribution in [0, 0.1) is 35.3 Å². The number of nitrogens with zero attached hydrogens (tertiary/aromatic N) is 2. The molecule has 1 aromatic heterocycles. The first-order valence-electron chi connectivity index (χ1n) is 11.9. The molecule has 0 radical (unpaired) electrons. The van der Waals surface area contributed by atoms with Gasteiger partial charge in [0.15, 0.2) is 0 Å². The molecule has 1 aliphatic heterocycles. The number of likely N-dealkylation sites (tertiary alicyclic amines) is 1. The molecule has 1 N–H and O–H groups in total. The highest BCUT2D eigenvalue weighted by molar-refractivity contribution is 6.32. The zero-order chi connectivity index (χ0) is 26.5. The monoisotopic (exact) mass is 530 g/mol. The average Bonchev–Trinajstić information content (AvgIpc) is 2.89. The molecule has 2 heterocycles. The second-order valence-corrected chi connectivity index (χ2v) is 9.51. The van der Waals surface area contributed by atoms with Crippen molar-refractivity contribution < 1.29 is 27.8 Å². The van der Waals surface area contributed by atoms with Crippen molar-refractivity contribution in [3.8, 4) is 17.6 Å². The molecule has 0 aliphatic carbocycles. The quantitative estimate of drug-likeness (QED) is 0.377. The number of benzene rings is 2. The smallest absolute Gasteiger partial charge is 0.308 e. The van der Waals surface area contributed by atoms with Gasteiger partial charge in [0.1, 0.15) is 23.6 Å². The van der Waals surface area contributed by atoms with Crippen LogP contribution in [-0.4, -0.2) is 47.7 Å². The first-order chi connectivity index (χ1) is 17.8. The number of hydrogen-bond acceptors (Lipinski definition) is 4. The van der Waals surface area contributed by atoms with Crippen molar-refractivity contribution in [3.63, 3.8) is 0 Å². The van der Waals surface area contributed by atoms with E-state index in [2.05, 4.69) is 16.8 Å². The predicted molar refractivity (Wildman–Crippen MR) is 135 cm³/mol. The SMILES string of the molecule is COc1ccc2ncc(Cl)c([C@@H](F)CC[C@H]3CCN(CC#Cc4cc(F)ccc4F)C[C@H]3C(=O)O)c2c1. The minimum atomic E-state index is -1.40. The normalized spacial score (nSPS) is 18.7. The van der Waals surface area contributed by atoms with Crippen LogP contribution in [0.25, 0.3) is 10.9 Å². The van der Waals surface area contributed by atoms with E-state index < -0.39 is 29.7 Å². The summed E-state index contributed by atoms with van der Waals surface area (Å²) in [4.78, 5) is 18.1. The fraction of sp³-hybridized carbons (Fsp3) is 0.357. The summed E-state index contributed by atoms with van der Waals surface area (Å²) in [6, 6.07) is 8.24. The molecule has 9 heteroatoms. The number of methoxy groups -OCH3 is 1. The molecule has 0 saturated carbocycles. The number of aliphatic carboxylic acids is 1. The van der Waals surface area contributed by atoms with Gasteiger partial charge in [0.2, 0.25) is 0 Å². The van der Waals surface area contributed by atoms with Crippen molar-refractivity contribution >= 4 is 28.5 Å². The van der Waals surface area contributed by atoms with Crippen LogP contribution in [0.15, 0.2) is 42.6 Å². The highest BCUT2D eigenvalue weighted by atomic mass is 35.5. The van der Waals surface area contributed by atoms with E-state index in [0.29, 0.717) is 41.6 Å². The number of carboxylic acid groups (broad SMARTS) is 1. The Labute approximate surface area is 218 Å². The van der Waals surface area contributed by atoms with E-state index >= 15 is 4.39 Å². The minimum Gasteiger partial charge on any atom is -0.497 e. The van der Waals surface area contributed by atoms with Gasteiger partial charge >= 0.3 is 5.97 Å². The number of piperidine rings is 1. The maximum absolute atomic E-state index is 15.5. The summed E-state index contributed by atoms with van der Waals surface area (Å²) in [7, 11) is 1.52. The molecule has 194 valence electrons. The fourth-order valence-electron chi connectivity index (χ4n) is 4.79. The van der Waals surface area contributed by atoms with Crippen LogP contribution in [0.2, 0.25) is 5.02 Å². The first kappa shape index (κ1) is 26.8. The molecular formula is C28H26ClF3N2O3. The number of rotatable bonds is 7. The number of fused-ring (bicyclic) bond motifs is 1. The van der Waals surface area contributed by atoms with E-state index in [4.69, 9.17) is 16.3 Å². The lowest BCUT2D eigenvalue weighted by Crippen LogP contribution is -2.44. The van der Waals surface area contributed by atoms with Gasteiger partial charge in [0.05, 0.1) is 35.7 Å². The van der Waals surface area contributed by atoms with Crippen LogP contribution in [0.5, 0.6) is 5.75 Å². The molecule has 0 spiro atoms. The Balaban J connectivity index is 1.41. The van der Waals surface area contributed by atoms with Crippen molar-refractivity contribution in [3.05, 3.63) is 70.4 Å². The number of hydrogen-bond donors (Lipinski definition) is 1. The summed E-state index contributed by atoms with van der Waals surface area (Å²) in [6.07, 6.45) is 1.07. The number of alkyl halides is 1. The van der Waals surface area contributed by atoms with Gasteiger partial charge < -0.3 is 9.84 Å². The summed E-state index contributed by atoms with van der Waals surface area (Å²) in [6.45, 7) is 1.04. The van der Waals surface area contributed by atoms with Crippen LogP contribution in [0.3, 0.4) is 0 Å². The van der Waals surface area contributed by atoms with Crippen LogP contribution < -0.4 is 4.74 Å². The highest BCUT2D eigenvalue weighted by Gasteiger charge is 2.34. The third-order valence-electron chi connectivity index (χ3n) is 6.78. The van der Waals surface area contributed by atoms with Crippen molar-refractivity contribution in [2.45, 2.75) is 25.4 Å². The standard InChI is InChI=1S/C28H26ClF3N2O3/c1-37-20-6-9-26-21(14-20)27(23(29)15-33-26)25(32)7-4-17-10-12-34(16-22(17)28(35)36)11-2-3-18-13-19(30)5-8-24(18)31/h5-6,8-9,13-15,17,22,25H,4,7,10-12,16H2,1H3,(H,35,36)/t17-,22+,25-/m0/s1. The zero-order valence-corrected chi connectivity index (χ0v) is 20.9. The van der Waals surface area contributed by atoms with E-state index in [1.807, 2.05) is 4.90 Å². The number of ether oxygens (including phenoxy) is 1. The van der Waals surface area contributed by atoms with Crippen molar-refractivity contribution in [1.29, 1.82) is 0 Å². The van der Waals surface area contributed by atoms with Gasteiger partial charge in [0.25, 0.3) is 0 Å². The number of aromatic nitrogens is 1. The predicted octanol–water partition coefficient (Wildman–Crippen LogP) is 6.04. The first-order valence-corrected chi connectivity index (χ1v) is 12.3. The van der Waals surface area contributed by atoms with Gasteiger partial charge in [0, 0.05) is 23.7 Å². The molecular weight excluding hydrogens is 505 g/mol. The second kappa shape index (κ2) is 11.8. The maximum Gasteiger partial charge on any atom is 0.308 e. The van der Waals surface area contributed by atoms with E-state index in [9.17, 15) is 18.7 Å². The molecule has 1 aliphatic rings. The Morgan fingerprint density at radius 1 is 1.30 bits per heavy atom. The Bertz CT molecular complexity index is 1360. The summed E-state index contributed by atoms with van der Waals surface area (Å²) in [5, 5.41) is 10.6. The maximum atomic E-state index is 15.5. The van der Waals surface area contributed by atoms with E-state index in [0.717, 1.165) is 18.2 Å². The molecule has 1 fully saturated rings. The van der Waals surface area contributed by atoms with Gasteiger partial charge in [-0.2, -0.15) is 0 Å². The number of carbonyl (C=O) groups is 1. The van der Waals surface area contributed by atoms with Gasteiger partial charge in [-0.25, -0.2) is 13.2 Å². The highest BCUT2D eigenvalue weighted by Crippen LogP contribution is 2.38. The molecule has 3 aromatic rings. The van der Waals surface area contributed by atoms with E-state index in [1.54, 1.807) is 18.2 Å². The average molecular weight is 531 g/mol. The van der Waals surface area contributed by atoms with Crippen molar-refractivity contribution in [1.82, 2.24) is 9.88 Å². The number of carboxylic acids is 1. The summed E-state index contributed by atoms with van der Waals surface area (Å²) >= 11 is 6.32. The van der Waals surface area contributed by atoms with E-state index in [1.165, 1.54) is 13.3 Å². The molecule has 2 aromatic carbocycles. The molecule has 37 heavy (non-hydrogen) atoms. The summed E-state index contributed by atoms with van der Waals surface area (Å²) in [5.41, 5.74) is 0.882. The van der Waals surface area contributed by atoms with Gasteiger partial charge in [-0.05, 0) is 68.1 Å². The molecule has 3 atom stereocenters. The molecule has 5 nitrogen and oxygen atoms in total. The number of halogens is 4. The van der Waals surface area contributed by atoms with Crippen molar-refractivity contribution in [2.75, 3.05) is 26.7 Å². The molecule has 0 amide bonds. The topological polar surface area (TPSA) is 62.7 Å². The Morgan fingerprint density at radius 2 is 2.11 bits per heavy atom. The van der Waals surface area contributed by atoms with Crippen molar-refractivity contribution in [2.24, 2.45) is 11.8 Å². The molecule has 1 saturated heterocycles. The third-order valence-corrected chi connectivity index (χ3v) is 7.08. The molecule has 4 rings (SSSR count). The summed E-state index contributed by atoms with van der Waals surface area (Å²) < 4.78 is 47.9. The fourth-order valence-corrected chi connectivity index (χ4v) is 5.06. The van der Waals surface area contributed by atoms with Gasteiger partial charge in [-0.15, -0.1) is 0 Å². The lowest BCUT2D eigenvalue weighted by atomic mass is 9.81. The van der Waals surface area contributed by atoms with Gasteiger partial charge in [-0.1, -0.05) is 23.4 Å². The lowest BCUT2D eigenvalue weighted by molar-refractivity contribution is -0.146. The van der Waals surface area contributed by atoms with Crippen LogP contribution in [0.4, 0.5) is 13.2 Å². The van der Waals surface area contributed by atoms with Crippen LogP contribution in [-0.2, 0) is 4.79 Å². The molecule has 0 unspecified atom stereocenters. The Morgan fingerprint density at radius 3 is 2.86 bits per heavy atom. The largest absolute Gasteiger partial charge is 0.497 e. The Kier molecular flexibility index (Phi) is 8.57. The van der Waals surface area contributed by atoms with Crippen LogP contribution in [0.1, 0.15) is 36.6 Å². The van der Waals surface area contributed by atoms with Gasteiger partial charge in [-0.3, -0.25) is 14.7 Å². The van der Waals surface area contributed by atoms with E-state index in [-0.39, 0.29) is 36.0 Å². The zero-order valence-electron chi connectivity index (χ0n) is 20.2. The lowest BCUT2D eigenvalue weighted by Gasteiger charge is -2.36. The Hall–Kier alpha value is -3.28. The van der Waals surface area contributed by atoms with Crippen LogP contribution >= 0.6 is 11.6 Å². The summed E-state index contributed by atoms with van der Waals surface area (Å²) in [5.74, 6) is 2.92.